The minimum Gasteiger partial charge on any atom is -0.337 e. The lowest BCUT2D eigenvalue weighted by molar-refractivity contribution is 0.0785. The Kier molecular flexibility index (Phi) is 5.81. The van der Waals surface area contributed by atoms with Crippen molar-refractivity contribution in [3.05, 3.63) is 106 Å². The van der Waals surface area contributed by atoms with Gasteiger partial charge in [0.2, 0.25) is 0 Å². The van der Waals surface area contributed by atoms with Gasteiger partial charge in [0.05, 0.1) is 16.9 Å². The van der Waals surface area contributed by atoms with Crippen LogP contribution in [0, 0.1) is 6.92 Å². The topological polar surface area (TPSA) is 38.1 Å². The number of para-hydroxylation sites is 1. The Labute approximate surface area is 184 Å². The SMILES string of the molecule is Cc1c(C(=O)N(C)Cc2ccc(Br)cc2)c(-c2ccccc2)nn1-c1ccccc1. The third-order valence-electron chi connectivity index (χ3n) is 5.06. The van der Waals surface area contributed by atoms with E-state index in [1.165, 1.54) is 0 Å². The Bertz CT molecular complexity index is 1150. The van der Waals surface area contributed by atoms with Crippen LogP contribution in [0.3, 0.4) is 0 Å². The molecule has 0 saturated carbocycles. The summed E-state index contributed by atoms with van der Waals surface area (Å²) in [6, 6.07) is 27.8. The molecule has 4 aromatic rings. The summed E-state index contributed by atoms with van der Waals surface area (Å²) in [5.41, 5.74) is 5.09. The molecule has 0 aliphatic rings. The van der Waals surface area contributed by atoms with Crippen molar-refractivity contribution in [3.63, 3.8) is 0 Å². The second-order valence-corrected chi connectivity index (χ2v) is 8.13. The largest absolute Gasteiger partial charge is 0.337 e. The third-order valence-corrected chi connectivity index (χ3v) is 5.59. The van der Waals surface area contributed by atoms with E-state index in [1.807, 2.05) is 104 Å². The van der Waals surface area contributed by atoms with Crippen molar-refractivity contribution in [2.75, 3.05) is 7.05 Å². The van der Waals surface area contributed by atoms with E-state index in [2.05, 4.69) is 15.9 Å². The second-order valence-electron chi connectivity index (χ2n) is 7.21. The lowest BCUT2D eigenvalue weighted by atomic mass is 10.0. The van der Waals surface area contributed by atoms with Crippen LogP contribution in [0.15, 0.2) is 89.4 Å². The minimum absolute atomic E-state index is 0.0450. The minimum atomic E-state index is -0.0450. The molecule has 30 heavy (non-hydrogen) atoms. The number of halogens is 1. The first-order valence-electron chi connectivity index (χ1n) is 9.75. The predicted octanol–water partition coefficient (Wildman–Crippen LogP) is 5.88. The van der Waals surface area contributed by atoms with E-state index >= 15 is 0 Å². The van der Waals surface area contributed by atoms with Crippen molar-refractivity contribution < 1.29 is 4.79 Å². The molecular formula is C25H22BrN3O. The normalized spacial score (nSPS) is 10.8. The number of carbonyl (C=O) groups is 1. The maximum atomic E-state index is 13.5. The Morgan fingerprint density at radius 2 is 1.53 bits per heavy atom. The second kappa shape index (κ2) is 8.67. The summed E-state index contributed by atoms with van der Waals surface area (Å²) in [4.78, 5) is 15.3. The third kappa shape index (κ3) is 4.07. The van der Waals surface area contributed by atoms with Crippen molar-refractivity contribution in [1.82, 2.24) is 14.7 Å². The number of hydrogen-bond acceptors (Lipinski definition) is 2. The van der Waals surface area contributed by atoms with Crippen LogP contribution in [-0.2, 0) is 6.54 Å². The number of nitrogens with zero attached hydrogens (tertiary/aromatic N) is 3. The molecule has 0 bridgehead atoms. The van der Waals surface area contributed by atoms with Gasteiger partial charge in [-0.1, -0.05) is 76.6 Å². The summed E-state index contributed by atoms with van der Waals surface area (Å²) in [6.45, 7) is 2.48. The average molecular weight is 460 g/mol. The predicted molar refractivity (Wildman–Crippen MR) is 124 cm³/mol. The number of rotatable bonds is 5. The van der Waals surface area contributed by atoms with Crippen molar-refractivity contribution in [3.8, 4) is 16.9 Å². The fourth-order valence-electron chi connectivity index (χ4n) is 3.50. The van der Waals surface area contributed by atoms with Crippen LogP contribution >= 0.6 is 15.9 Å². The molecule has 1 heterocycles. The smallest absolute Gasteiger partial charge is 0.258 e. The molecule has 3 aromatic carbocycles. The van der Waals surface area contributed by atoms with Crippen molar-refractivity contribution in [2.24, 2.45) is 0 Å². The number of benzene rings is 3. The fraction of sp³-hybridized carbons (Fsp3) is 0.120. The highest BCUT2D eigenvalue weighted by atomic mass is 79.9. The van der Waals surface area contributed by atoms with Gasteiger partial charge in [-0.15, -0.1) is 0 Å². The maximum Gasteiger partial charge on any atom is 0.258 e. The highest BCUT2D eigenvalue weighted by Crippen LogP contribution is 2.28. The molecule has 150 valence electrons. The maximum absolute atomic E-state index is 13.5. The molecule has 0 fully saturated rings. The first-order chi connectivity index (χ1) is 14.5. The zero-order chi connectivity index (χ0) is 21.1. The molecule has 1 amide bonds. The van der Waals surface area contributed by atoms with Crippen molar-refractivity contribution >= 4 is 21.8 Å². The molecule has 4 rings (SSSR count). The van der Waals surface area contributed by atoms with Crippen LogP contribution < -0.4 is 0 Å². The van der Waals surface area contributed by atoms with Crippen molar-refractivity contribution in [2.45, 2.75) is 13.5 Å². The Morgan fingerprint density at radius 3 is 2.17 bits per heavy atom. The first kappa shape index (κ1) is 20.1. The number of hydrogen-bond donors (Lipinski definition) is 0. The van der Waals surface area contributed by atoms with Gasteiger partial charge in [0, 0.05) is 23.6 Å². The van der Waals surface area contributed by atoms with Gasteiger partial charge < -0.3 is 4.90 Å². The van der Waals surface area contributed by atoms with E-state index in [0.29, 0.717) is 17.8 Å². The van der Waals surface area contributed by atoms with E-state index in [-0.39, 0.29) is 5.91 Å². The summed E-state index contributed by atoms with van der Waals surface area (Å²) < 4.78 is 2.87. The summed E-state index contributed by atoms with van der Waals surface area (Å²) in [5, 5.41) is 4.84. The van der Waals surface area contributed by atoms with Crippen LogP contribution in [0.5, 0.6) is 0 Å². The Hall–Kier alpha value is -3.18. The van der Waals surface area contributed by atoms with Gasteiger partial charge in [-0.05, 0) is 36.8 Å². The molecule has 0 N–H and O–H groups in total. The van der Waals surface area contributed by atoms with Crippen LogP contribution in [0.2, 0.25) is 0 Å². The van der Waals surface area contributed by atoms with Gasteiger partial charge in [0.25, 0.3) is 5.91 Å². The van der Waals surface area contributed by atoms with E-state index in [9.17, 15) is 4.79 Å². The zero-order valence-corrected chi connectivity index (χ0v) is 18.5. The Balaban J connectivity index is 1.76. The highest BCUT2D eigenvalue weighted by molar-refractivity contribution is 9.10. The highest BCUT2D eigenvalue weighted by Gasteiger charge is 2.25. The van der Waals surface area contributed by atoms with E-state index in [0.717, 1.165) is 27.0 Å². The fourth-order valence-corrected chi connectivity index (χ4v) is 3.77. The van der Waals surface area contributed by atoms with E-state index in [4.69, 9.17) is 5.10 Å². The summed E-state index contributed by atoms with van der Waals surface area (Å²) in [5.74, 6) is -0.0450. The quantitative estimate of drug-likeness (QED) is 0.373. The zero-order valence-electron chi connectivity index (χ0n) is 16.9. The van der Waals surface area contributed by atoms with Crippen molar-refractivity contribution in [1.29, 1.82) is 0 Å². The Morgan fingerprint density at radius 1 is 0.933 bits per heavy atom. The lowest BCUT2D eigenvalue weighted by Crippen LogP contribution is -2.27. The molecule has 0 radical (unpaired) electrons. The van der Waals surface area contributed by atoms with Gasteiger partial charge in [-0.3, -0.25) is 4.79 Å². The number of amides is 1. The van der Waals surface area contributed by atoms with Crippen LogP contribution in [-0.4, -0.2) is 27.6 Å². The average Bonchev–Trinajstić information content (AvgIpc) is 3.13. The number of carbonyl (C=O) groups excluding carboxylic acids is 1. The molecule has 4 nitrogen and oxygen atoms in total. The molecule has 0 saturated heterocycles. The molecule has 0 spiro atoms. The van der Waals surface area contributed by atoms with Gasteiger partial charge in [-0.25, -0.2) is 4.68 Å². The summed E-state index contributed by atoms with van der Waals surface area (Å²) >= 11 is 3.46. The van der Waals surface area contributed by atoms with Crippen LogP contribution in [0.4, 0.5) is 0 Å². The molecule has 0 atom stereocenters. The van der Waals surface area contributed by atoms with Gasteiger partial charge in [0.1, 0.15) is 5.69 Å². The molecule has 0 aliphatic carbocycles. The van der Waals surface area contributed by atoms with E-state index < -0.39 is 0 Å². The molecule has 0 unspecified atom stereocenters. The van der Waals surface area contributed by atoms with Crippen LogP contribution in [0.1, 0.15) is 21.6 Å². The molecular weight excluding hydrogens is 438 g/mol. The van der Waals surface area contributed by atoms with E-state index in [1.54, 1.807) is 4.90 Å². The van der Waals surface area contributed by atoms with Gasteiger partial charge in [0.15, 0.2) is 0 Å². The number of aromatic nitrogens is 2. The standard InChI is InChI=1S/C25H22BrN3O/c1-18-23(25(30)28(2)17-19-13-15-21(26)16-14-19)24(20-9-5-3-6-10-20)27-29(18)22-11-7-4-8-12-22/h3-16H,17H2,1-2H3. The molecule has 1 aromatic heterocycles. The van der Waals surface area contributed by atoms with Crippen LogP contribution in [0.25, 0.3) is 16.9 Å². The molecule has 0 aliphatic heterocycles. The summed E-state index contributed by atoms with van der Waals surface area (Å²) in [6.07, 6.45) is 0. The van der Waals surface area contributed by atoms with Gasteiger partial charge >= 0.3 is 0 Å². The lowest BCUT2D eigenvalue weighted by Gasteiger charge is -2.18. The molecule has 5 heteroatoms. The first-order valence-corrected chi connectivity index (χ1v) is 10.5. The summed E-state index contributed by atoms with van der Waals surface area (Å²) in [7, 11) is 1.83. The van der Waals surface area contributed by atoms with Gasteiger partial charge in [-0.2, -0.15) is 5.10 Å². The monoisotopic (exact) mass is 459 g/mol.